The van der Waals surface area contributed by atoms with Crippen LogP contribution in [0.3, 0.4) is 0 Å². The smallest absolute Gasteiger partial charge is 0.227 e. The van der Waals surface area contributed by atoms with Crippen molar-refractivity contribution in [1.29, 1.82) is 0 Å². The van der Waals surface area contributed by atoms with Crippen molar-refractivity contribution in [2.24, 2.45) is 5.92 Å². The molecule has 0 aromatic heterocycles. The molecular weight excluding hydrogens is 235 g/mol. The summed E-state index contributed by atoms with van der Waals surface area (Å²) in [5, 5.41) is 2.71. The van der Waals surface area contributed by atoms with Gasteiger partial charge in [-0.15, -0.1) is 0 Å². The van der Waals surface area contributed by atoms with E-state index in [-0.39, 0.29) is 23.5 Å². The number of anilines is 1. The number of halogens is 1. The monoisotopic (exact) mass is 250 g/mol. The second kappa shape index (κ2) is 5.16. The second-order valence-corrected chi connectivity index (χ2v) is 4.49. The molecule has 18 heavy (non-hydrogen) atoms. The predicted molar refractivity (Wildman–Crippen MR) is 65.5 cm³/mol. The van der Waals surface area contributed by atoms with Gasteiger partial charge >= 0.3 is 0 Å². The molecule has 0 saturated carbocycles. The van der Waals surface area contributed by atoms with Gasteiger partial charge in [-0.2, -0.15) is 0 Å². The third-order valence-corrected chi connectivity index (χ3v) is 2.98. The van der Waals surface area contributed by atoms with Crippen molar-refractivity contribution in [1.82, 2.24) is 5.32 Å². The van der Waals surface area contributed by atoms with Crippen LogP contribution < -0.4 is 10.2 Å². The average molecular weight is 250 g/mol. The molecule has 1 saturated heterocycles. The van der Waals surface area contributed by atoms with Gasteiger partial charge in [-0.25, -0.2) is 4.39 Å². The highest BCUT2D eigenvalue weighted by molar-refractivity contribution is 5.95. The van der Waals surface area contributed by atoms with Gasteiger partial charge in [0.15, 0.2) is 0 Å². The van der Waals surface area contributed by atoms with Gasteiger partial charge in [0.2, 0.25) is 11.8 Å². The van der Waals surface area contributed by atoms with Gasteiger partial charge in [-0.1, -0.05) is 0 Å². The van der Waals surface area contributed by atoms with E-state index in [2.05, 4.69) is 5.32 Å². The van der Waals surface area contributed by atoms with Crippen LogP contribution in [0, 0.1) is 11.7 Å². The fourth-order valence-corrected chi connectivity index (χ4v) is 2.08. The van der Waals surface area contributed by atoms with E-state index >= 15 is 0 Å². The maximum atomic E-state index is 12.8. The quantitative estimate of drug-likeness (QED) is 0.879. The van der Waals surface area contributed by atoms with Gasteiger partial charge in [-0.05, 0) is 24.3 Å². The predicted octanol–water partition coefficient (Wildman–Crippen LogP) is 1.31. The molecule has 1 fully saturated rings. The number of nitrogens with zero attached hydrogens (tertiary/aromatic N) is 1. The molecule has 2 amide bonds. The largest absolute Gasteiger partial charge is 0.356 e. The summed E-state index contributed by atoms with van der Waals surface area (Å²) in [6.45, 7) is 2.51. The Morgan fingerprint density at radius 2 is 2.11 bits per heavy atom. The molecule has 0 radical (unpaired) electrons. The van der Waals surface area contributed by atoms with Crippen LogP contribution in [0.2, 0.25) is 0 Å². The first-order valence-corrected chi connectivity index (χ1v) is 5.86. The first kappa shape index (κ1) is 12.5. The van der Waals surface area contributed by atoms with E-state index in [0.717, 1.165) is 0 Å². The number of amides is 2. The molecule has 1 heterocycles. The van der Waals surface area contributed by atoms with Crippen LogP contribution in [-0.4, -0.2) is 24.9 Å². The van der Waals surface area contributed by atoms with Crippen LogP contribution in [0.25, 0.3) is 0 Å². The standard InChI is InChI=1S/C13H15FN2O2/c1-9(17)15-7-10-6-13(18)16(8-10)12-4-2-11(14)3-5-12/h2-5,10H,6-8H2,1H3,(H,15,17)/t10-/m0/s1. The third kappa shape index (κ3) is 2.85. The van der Waals surface area contributed by atoms with E-state index < -0.39 is 0 Å². The van der Waals surface area contributed by atoms with Crippen molar-refractivity contribution in [3.63, 3.8) is 0 Å². The minimum absolute atomic E-state index is 0.0111. The Hall–Kier alpha value is -1.91. The highest BCUT2D eigenvalue weighted by Gasteiger charge is 2.30. The molecule has 1 aromatic carbocycles. The second-order valence-electron chi connectivity index (χ2n) is 4.49. The zero-order valence-corrected chi connectivity index (χ0v) is 10.1. The summed E-state index contributed by atoms with van der Waals surface area (Å²) in [7, 11) is 0. The third-order valence-electron chi connectivity index (χ3n) is 2.98. The van der Waals surface area contributed by atoms with Crippen molar-refractivity contribution in [2.45, 2.75) is 13.3 Å². The van der Waals surface area contributed by atoms with E-state index in [0.29, 0.717) is 25.2 Å². The number of nitrogens with one attached hydrogen (secondary N) is 1. The summed E-state index contributed by atoms with van der Waals surface area (Å²) in [6, 6.07) is 5.86. The Morgan fingerprint density at radius 3 is 2.72 bits per heavy atom. The van der Waals surface area contributed by atoms with Crippen LogP contribution in [0.1, 0.15) is 13.3 Å². The minimum Gasteiger partial charge on any atom is -0.356 e. The lowest BCUT2D eigenvalue weighted by Gasteiger charge is -2.16. The molecule has 1 aromatic rings. The molecule has 0 bridgehead atoms. The molecular formula is C13H15FN2O2. The molecule has 5 heteroatoms. The normalized spacial score (nSPS) is 19.1. The average Bonchev–Trinajstić information content (AvgIpc) is 2.69. The van der Waals surface area contributed by atoms with Crippen molar-refractivity contribution in [2.75, 3.05) is 18.0 Å². The van der Waals surface area contributed by atoms with Gasteiger partial charge in [0.25, 0.3) is 0 Å². The van der Waals surface area contributed by atoms with Gasteiger partial charge < -0.3 is 10.2 Å². The van der Waals surface area contributed by atoms with Crippen molar-refractivity contribution >= 4 is 17.5 Å². The number of benzene rings is 1. The highest BCUT2D eigenvalue weighted by atomic mass is 19.1. The van der Waals surface area contributed by atoms with Crippen LogP contribution in [-0.2, 0) is 9.59 Å². The van der Waals surface area contributed by atoms with Crippen molar-refractivity contribution in [3.8, 4) is 0 Å². The lowest BCUT2D eigenvalue weighted by molar-refractivity contribution is -0.120. The van der Waals surface area contributed by atoms with E-state index in [1.165, 1.54) is 19.1 Å². The maximum Gasteiger partial charge on any atom is 0.227 e. The van der Waals surface area contributed by atoms with Crippen molar-refractivity contribution in [3.05, 3.63) is 30.1 Å². The highest BCUT2D eigenvalue weighted by Crippen LogP contribution is 2.24. The molecule has 2 rings (SSSR count). The fraction of sp³-hybridized carbons (Fsp3) is 0.385. The Bertz CT molecular complexity index is 459. The molecule has 0 aliphatic carbocycles. The molecule has 4 nitrogen and oxygen atoms in total. The lowest BCUT2D eigenvalue weighted by Crippen LogP contribution is -2.29. The SMILES string of the molecule is CC(=O)NC[C@@H]1CC(=O)N(c2ccc(F)cc2)C1. The number of carbonyl (C=O) groups is 2. The molecule has 0 spiro atoms. The van der Waals surface area contributed by atoms with Crippen LogP contribution >= 0.6 is 0 Å². The van der Waals surface area contributed by atoms with Gasteiger partial charge in [0.05, 0.1) is 0 Å². The van der Waals surface area contributed by atoms with Crippen LogP contribution in [0.15, 0.2) is 24.3 Å². The molecule has 1 N–H and O–H groups in total. The summed E-state index contributed by atoms with van der Waals surface area (Å²) in [6.07, 6.45) is 0.414. The fourth-order valence-electron chi connectivity index (χ4n) is 2.08. The Kier molecular flexibility index (Phi) is 3.60. The Balaban J connectivity index is 2.00. The van der Waals surface area contributed by atoms with Crippen LogP contribution in [0.4, 0.5) is 10.1 Å². The van der Waals surface area contributed by atoms with E-state index in [4.69, 9.17) is 0 Å². The number of hydrogen-bond acceptors (Lipinski definition) is 2. The van der Waals surface area contributed by atoms with Crippen molar-refractivity contribution < 1.29 is 14.0 Å². The zero-order valence-electron chi connectivity index (χ0n) is 10.1. The molecule has 0 unspecified atom stereocenters. The molecule has 96 valence electrons. The maximum absolute atomic E-state index is 12.8. The summed E-state index contributed by atoms with van der Waals surface area (Å²) in [5.41, 5.74) is 0.701. The summed E-state index contributed by atoms with van der Waals surface area (Å²) in [5.74, 6) is -0.286. The number of hydrogen-bond donors (Lipinski definition) is 1. The topological polar surface area (TPSA) is 49.4 Å². The van der Waals surface area contributed by atoms with E-state index in [1.807, 2.05) is 0 Å². The van der Waals surface area contributed by atoms with Gasteiger partial charge in [0.1, 0.15) is 5.82 Å². The van der Waals surface area contributed by atoms with E-state index in [9.17, 15) is 14.0 Å². The Labute approximate surface area is 105 Å². The van der Waals surface area contributed by atoms with E-state index in [1.54, 1.807) is 17.0 Å². The van der Waals surface area contributed by atoms with Crippen LogP contribution in [0.5, 0.6) is 0 Å². The zero-order chi connectivity index (χ0) is 13.1. The van der Waals surface area contributed by atoms with Gasteiger partial charge in [0, 0.05) is 38.0 Å². The Morgan fingerprint density at radius 1 is 1.44 bits per heavy atom. The first-order chi connectivity index (χ1) is 8.56. The lowest BCUT2D eigenvalue weighted by atomic mass is 10.1. The summed E-state index contributed by atoms with van der Waals surface area (Å²) >= 11 is 0. The molecule has 1 atom stereocenters. The first-order valence-electron chi connectivity index (χ1n) is 5.86. The minimum atomic E-state index is -0.319. The van der Waals surface area contributed by atoms with Gasteiger partial charge in [-0.3, -0.25) is 9.59 Å². The summed E-state index contributed by atoms with van der Waals surface area (Å²) in [4.78, 5) is 24.3. The number of carbonyl (C=O) groups excluding carboxylic acids is 2. The molecule has 1 aliphatic heterocycles. The summed E-state index contributed by atoms with van der Waals surface area (Å²) < 4.78 is 12.8. The molecule has 1 aliphatic rings. The number of rotatable bonds is 3.